The molecule has 0 heterocycles. The van der Waals surface area contributed by atoms with Crippen LogP contribution >= 0.6 is 0 Å². The van der Waals surface area contributed by atoms with Crippen molar-refractivity contribution < 1.29 is 0 Å². The molecule has 0 bridgehead atoms. The van der Waals surface area contributed by atoms with Crippen LogP contribution in [0.4, 0.5) is 0 Å². The van der Waals surface area contributed by atoms with Crippen LogP contribution in [0, 0.1) is 17.8 Å². The minimum atomic E-state index is 0.877. The van der Waals surface area contributed by atoms with Gasteiger partial charge in [-0.15, -0.1) is 0 Å². The zero-order valence-electron chi connectivity index (χ0n) is 10.2. The highest BCUT2D eigenvalue weighted by molar-refractivity contribution is 4.77. The first kappa shape index (κ1) is 12.0. The third-order valence-corrected chi connectivity index (χ3v) is 3.50. The van der Waals surface area contributed by atoms with E-state index in [1.165, 1.54) is 38.6 Å². The lowest BCUT2D eigenvalue weighted by molar-refractivity contribution is 0.200. The van der Waals surface area contributed by atoms with Crippen molar-refractivity contribution in [1.82, 2.24) is 5.32 Å². The molecule has 0 saturated heterocycles. The highest BCUT2D eigenvalue weighted by Gasteiger charge is 2.24. The molecule has 1 saturated carbocycles. The van der Waals surface area contributed by atoms with Crippen LogP contribution in [0.5, 0.6) is 0 Å². The van der Waals surface area contributed by atoms with Crippen molar-refractivity contribution in [2.45, 2.75) is 52.9 Å². The second-order valence-corrected chi connectivity index (χ2v) is 5.24. The minimum Gasteiger partial charge on any atom is -0.317 e. The average molecular weight is 197 g/mol. The third kappa shape index (κ3) is 4.00. The van der Waals surface area contributed by atoms with Crippen LogP contribution < -0.4 is 5.32 Å². The molecule has 2 unspecified atom stereocenters. The molecule has 1 rings (SSSR count). The van der Waals surface area contributed by atoms with Gasteiger partial charge in [0.15, 0.2) is 0 Å². The Hall–Kier alpha value is -0.0400. The zero-order chi connectivity index (χ0) is 10.4. The predicted octanol–water partition coefficient (Wildman–Crippen LogP) is 3.45. The van der Waals surface area contributed by atoms with E-state index >= 15 is 0 Å². The molecule has 0 aromatic carbocycles. The van der Waals surface area contributed by atoms with Gasteiger partial charge < -0.3 is 5.32 Å². The summed E-state index contributed by atoms with van der Waals surface area (Å²) in [6, 6.07) is 0. The minimum absolute atomic E-state index is 0.877. The zero-order valence-corrected chi connectivity index (χ0v) is 10.2. The highest BCUT2D eigenvalue weighted by atomic mass is 14.8. The van der Waals surface area contributed by atoms with Crippen molar-refractivity contribution in [3.8, 4) is 0 Å². The fourth-order valence-electron chi connectivity index (χ4n) is 2.80. The van der Waals surface area contributed by atoms with Gasteiger partial charge in [0.25, 0.3) is 0 Å². The van der Waals surface area contributed by atoms with Crippen molar-refractivity contribution in [1.29, 1.82) is 0 Å². The van der Waals surface area contributed by atoms with Crippen molar-refractivity contribution >= 4 is 0 Å². The van der Waals surface area contributed by atoms with Crippen molar-refractivity contribution in [3.05, 3.63) is 0 Å². The summed E-state index contributed by atoms with van der Waals surface area (Å²) in [5, 5.41) is 3.52. The molecule has 0 radical (unpaired) electrons. The summed E-state index contributed by atoms with van der Waals surface area (Å²) in [6.45, 7) is 9.32. The third-order valence-electron chi connectivity index (χ3n) is 3.50. The Morgan fingerprint density at radius 3 is 2.36 bits per heavy atom. The summed E-state index contributed by atoms with van der Waals surface area (Å²) in [7, 11) is 0. The van der Waals surface area contributed by atoms with Gasteiger partial charge in [-0.05, 0) is 43.7 Å². The lowest BCUT2D eigenvalue weighted by Gasteiger charge is -2.32. The Bertz CT molecular complexity index is 142. The van der Waals surface area contributed by atoms with Crippen LogP contribution in [-0.2, 0) is 0 Å². The van der Waals surface area contributed by atoms with Crippen LogP contribution in [0.25, 0.3) is 0 Å². The van der Waals surface area contributed by atoms with Crippen LogP contribution in [0.2, 0.25) is 0 Å². The van der Waals surface area contributed by atoms with Gasteiger partial charge in [0.2, 0.25) is 0 Å². The predicted molar refractivity (Wildman–Crippen MR) is 63.4 cm³/mol. The van der Waals surface area contributed by atoms with Gasteiger partial charge in [0, 0.05) is 0 Å². The summed E-state index contributed by atoms with van der Waals surface area (Å²) < 4.78 is 0. The van der Waals surface area contributed by atoms with Gasteiger partial charge in [0.1, 0.15) is 0 Å². The molecule has 2 atom stereocenters. The molecule has 84 valence electrons. The van der Waals surface area contributed by atoms with Gasteiger partial charge in [-0.1, -0.05) is 40.0 Å². The van der Waals surface area contributed by atoms with E-state index in [0.717, 1.165) is 24.3 Å². The fourth-order valence-corrected chi connectivity index (χ4v) is 2.80. The monoisotopic (exact) mass is 197 g/mol. The molecule has 0 amide bonds. The second kappa shape index (κ2) is 6.44. The Morgan fingerprint density at radius 2 is 1.79 bits per heavy atom. The summed E-state index contributed by atoms with van der Waals surface area (Å²) in [5.74, 6) is 2.84. The second-order valence-electron chi connectivity index (χ2n) is 5.24. The largest absolute Gasteiger partial charge is 0.317 e. The van der Waals surface area contributed by atoms with E-state index in [1.54, 1.807) is 0 Å². The standard InChI is InChI=1S/C13H27N/c1-4-14-10-13-8-6-5-7-12(13)9-11(2)3/h11-14H,4-10H2,1-3H3. The van der Waals surface area contributed by atoms with Gasteiger partial charge in [-0.25, -0.2) is 0 Å². The lowest BCUT2D eigenvalue weighted by Crippen LogP contribution is -2.31. The van der Waals surface area contributed by atoms with Crippen LogP contribution in [0.1, 0.15) is 52.9 Å². The molecule has 0 aromatic heterocycles. The summed E-state index contributed by atoms with van der Waals surface area (Å²) in [5.41, 5.74) is 0. The van der Waals surface area contributed by atoms with E-state index in [1.807, 2.05) is 0 Å². The molecule has 1 heteroatoms. The molecule has 1 nitrogen and oxygen atoms in total. The van der Waals surface area contributed by atoms with Crippen molar-refractivity contribution in [2.24, 2.45) is 17.8 Å². The Morgan fingerprint density at radius 1 is 1.14 bits per heavy atom. The quantitative estimate of drug-likeness (QED) is 0.712. The normalized spacial score (nSPS) is 28.3. The molecule has 1 N–H and O–H groups in total. The summed E-state index contributed by atoms with van der Waals surface area (Å²) in [4.78, 5) is 0. The van der Waals surface area contributed by atoms with Crippen LogP contribution in [0.15, 0.2) is 0 Å². The lowest BCUT2D eigenvalue weighted by atomic mass is 9.75. The van der Waals surface area contributed by atoms with E-state index in [0.29, 0.717) is 0 Å². The van der Waals surface area contributed by atoms with Gasteiger partial charge in [0.05, 0.1) is 0 Å². The Kier molecular flexibility index (Phi) is 5.54. The molecule has 1 aliphatic carbocycles. The van der Waals surface area contributed by atoms with E-state index < -0.39 is 0 Å². The molecule has 1 aliphatic rings. The number of hydrogen-bond acceptors (Lipinski definition) is 1. The first-order valence-electron chi connectivity index (χ1n) is 6.44. The number of hydrogen-bond donors (Lipinski definition) is 1. The van der Waals surface area contributed by atoms with Gasteiger partial charge >= 0.3 is 0 Å². The maximum absolute atomic E-state index is 3.52. The van der Waals surface area contributed by atoms with Gasteiger partial charge in [-0.3, -0.25) is 0 Å². The molecule has 14 heavy (non-hydrogen) atoms. The van der Waals surface area contributed by atoms with Crippen molar-refractivity contribution in [3.63, 3.8) is 0 Å². The average Bonchev–Trinajstić information content (AvgIpc) is 2.16. The Balaban J connectivity index is 2.33. The molecule has 0 aromatic rings. The molecule has 1 fully saturated rings. The number of nitrogens with one attached hydrogen (secondary N) is 1. The van der Waals surface area contributed by atoms with E-state index in [-0.39, 0.29) is 0 Å². The Labute approximate surface area is 89.7 Å². The molecule has 0 spiro atoms. The first-order valence-corrected chi connectivity index (χ1v) is 6.44. The smallest absolute Gasteiger partial charge is 0.00180 e. The topological polar surface area (TPSA) is 12.0 Å². The summed E-state index contributed by atoms with van der Waals surface area (Å²) >= 11 is 0. The molecular formula is C13H27N. The molecule has 0 aliphatic heterocycles. The summed E-state index contributed by atoms with van der Waals surface area (Å²) in [6.07, 6.45) is 7.32. The van der Waals surface area contributed by atoms with Crippen LogP contribution in [0.3, 0.4) is 0 Å². The fraction of sp³-hybridized carbons (Fsp3) is 1.00. The molecular weight excluding hydrogens is 170 g/mol. The van der Waals surface area contributed by atoms with Crippen molar-refractivity contribution in [2.75, 3.05) is 13.1 Å². The van der Waals surface area contributed by atoms with Crippen LogP contribution in [-0.4, -0.2) is 13.1 Å². The first-order chi connectivity index (χ1) is 6.74. The number of rotatable bonds is 5. The highest BCUT2D eigenvalue weighted by Crippen LogP contribution is 2.33. The van der Waals surface area contributed by atoms with E-state index in [4.69, 9.17) is 0 Å². The van der Waals surface area contributed by atoms with E-state index in [2.05, 4.69) is 26.1 Å². The van der Waals surface area contributed by atoms with E-state index in [9.17, 15) is 0 Å². The van der Waals surface area contributed by atoms with Gasteiger partial charge in [-0.2, -0.15) is 0 Å². The SMILES string of the molecule is CCNCC1CCCCC1CC(C)C. The maximum atomic E-state index is 3.52. The maximum Gasteiger partial charge on any atom is -0.00180 e.